The zero-order valence-electron chi connectivity index (χ0n) is 9.80. The van der Waals surface area contributed by atoms with Crippen LogP contribution in [0.1, 0.15) is 25.3 Å². The molecule has 94 valence electrons. The molecule has 1 unspecified atom stereocenters. The quantitative estimate of drug-likeness (QED) is 0.315. The molecule has 1 heterocycles. The van der Waals surface area contributed by atoms with E-state index >= 15 is 0 Å². The third-order valence-electron chi connectivity index (χ3n) is 2.76. The Labute approximate surface area is 104 Å². The number of hydrogen-bond acceptors (Lipinski definition) is 5. The first-order valence-electron chi connectivity index (χ1n) is 5.19. The van der Waals surface area contributed by atoms with E-state index in [-0.39, 0.29) is 11.7 Å². The van der Waals surface area contributed by atoms with E-state index in [0.717, 1.165) is 5.01 Å². The van der Waals surface area contributed by atoms with Crippen molar-refractivity contribution in [1.29, 1.82) is 0 Å². The molecular formula is C10H16N4O2S. The Kier molecular flexibility index (Phi) is 4.45. The van der Waals surface area contributed by atoms with Gasteiger partial charge >= 0.3 is 0 Å². The Hall–Kier alpha value is -1.63. The topological polar surface area (TPSA) is 101 Å². The molecule has 4 N–H and O–H groups in total. The summed E-state index contributed by atoms with van der Waals surface area (Å²) in [4.78, 5) is 16.0. The lowest BCUT2D eigenvalue weighted by Crippen LogP contribution is -2.47. The van der Waals surface area contributed by atoms with E-state index in [1.807, 2.05) is 5.38 Å². The van der Waals surface area contributed by atoms with Crippen LogP contribution in [-0.2, 0) is 11.3 Å². The van der Waals surface area contributed by atoms with Gasteiger partial charge in [-0.2, -0.15) is 0 Å². The average molecular weight is 256 g/mol. The fraction of sp³-hybridized carbons (Fsp3) is 0.500. The Bertz CT molecular complexity index is 404. The van der Waals surface area contributed by atoms with Gasteiger partial charge in [0.05, 0.1) is 6.54 Å². The number of nitrogens with one attached hydrogen (secondary N) is 1. The predicted molar refractivity (Wildman–Crippen MR) is 65.8 cm³/mol. The molecule has 0 aromatic carbocycles. The highest BCUT2D eigenvalue weighted by Gasteiger charge is 2.36. The minimum absolute atomic E-state index is 0.0864. The number of carbonyl (C=O) groups excluding carboxylic acids is 1. The van der Waals surface area contributed by atoms with E-state index < -0.39 is 5.41 Å². The van der Waals surface area contributed by atoms with Crippen molar-refractivity contribution in [3.05, 3.63) is 16.6 Å². The van der Waals surface area contributed by atoms with Crippen LogP contribution in [0.4, 0.5) is 0 Å². The first kappa shape index (κ1) is 13.4. The molecule has 7 heteroatoms. The van der Waals surface area contributed by atoms with Crippen molar-refractivity contribution in [3.63, 3.8) is 0 Å². The molecule has 0 bridgehead atoms. The summed E-state index contributed by atoms with van der Waals surface area (Å²) in [5.41, 5.74) is 4.54. The van der Waals surface area contributed by atoms with Crippen molar-refractivity contribution < 1.29 is 10.0 Å². The lowest BCUT2D eigenvalue weighted by Gasteiger charge is -2.24. The number of carbonyl (C=O) groups is 1. The van der Waals surface area contributed by atoms with E-state index in [9.17, 15) is 4.79 Å². The van der Waals surface area contributed by atoms with E-state index in [4.69, 9.17) is 10.9 Å². The zero-order valence-corrected chi connectivity index (χ0v) is 10.6. The molecule has 1 atom stereocenters. The van der Waals surface area contributed by atoms with Gasteiger partial charge in [-0.3, -0.25) is 4.79 Å². The third kappa shape index (κ3) is 2.94. The zero-order chi connectivity index (χ0) is 12.9. The maximum Gasteiger partial charge on any atom is 0.234 e. The lowest BCUT2D eigenvalue weighted by atomic mass is 9.85. The van der Waals surface area contributed by atoms with Crippen molar-refractivity contribution in [1.82, 2.24) is 10.3 Å². The summed E-state index contributed by atoms with van der Waals surface area (Å²) in [6.07, 6.45) is 2.13. The maximum absolute atomic E-state index is 12.0. The molecule has 0 fully saturated rings. The first-order valence-corrected chi connectivity index (χ1v) is 6.07. The number of amidine groups is 1. The second kappa shape index (κ2) is 5.62. The highest BCUT2D eigenvalue weighted by atomic mass is 32.1. The van der Waals surface area contributed by atoms with E-state index in [1.54, 1.807) is 20.0 Å². The molecule has 1 amide bonds. The fourth-order valence-corrected chi connectivity index (χ4v) is 1.82. The predicted octanol–water partition coefficient (Wildman–Crippen LogP) is 0.922. The number of amides is 1. The number of hydrogen-bond donors (Lipinski definition) is 3. The van der Waals surface area contributed by atoms with Gasteiger partial charge in [0.1, 0.15) is 10.4 Å². The molecule has 0 radical (unpaired) electrons. The van der Waals surface area contributed by atoms with Crippen LogP contribution in [0.3, 0.4) is 0 Å². The second-order valence-corrected chi connectivity index (χ2v) is 4.76. The smallest absolute Gasteiger partial charge is 0.234 e. The van der Waals surface area contributed by atoms with E-state index in [0.29, 0.717) is 13.0 Å². The molecule has 0 aliphatic rings. The van der Waals surface area contributed by atoms with Gasteiger partial charge in [0.25, 0.3) is 0 Å². The van der Waals surface area contributed by atoms with E-state index in [2.05, 4.69) is 15.5 Å². The Morgan fingerprint density at radius 3 is 2.94 bits per heavy atom. The van der Waals surface area contributed by atoms with Gasteiger partial charge in [-0.05, 0) is 13.3 Å². The van der Waals surface area contributed by atoms with Crippen LogP contribution < -0.4 is 11.1 Å². The van der Waals surface area contributed by atoms with Crippen LogP contribution in [0.5, 0.6) is 0 Å². The summed E-state index contributed by atoms with van der Waals surface area (Å²) in [5, 5.41) is 17.0. The minimum Gasteiger partial charge on any atom is -0.409 e. The minimum atomic E-state index is -0.994. The summed E-state index contributed by atoms with van der Waals surface area (Å²) >= 11 is 1.46. The molecule has 1 aromatic rings. The normalized spacial score (nSPS) is 15.3. The number of nitrogens with zero attached hydrogens (tertiary/aromatic N) is 2. The second-order valence-electron chi connectivity index (χ2n) is 3.78. The Morgan fingerprint density at radius 2 is 2.47 bits per heavy atom. The van der Waals surface area contributed by atoms with Crippen LogP contribution in [0.15, 0.2) is 16.7 Å². The van der Waals surface area contributed by atoms with Crippen molar-refractivity contribution >= 4 is 23.1 Å². The van der Waals surface area contributed by atoms with Crippen LogP contribution in [0.2, 0.25) is 0 Å². The molecule has 1 aromatic heterocycles. The number of oxime groups is 1. The Morgan fingerprint density at radius 1 is 1.76 bits per heavy atom. The summed E-state index contributed by atoms with van der Waals surface area (Å²) in [6.45, 7) is 3.80. The van der Waals surface area contributed by atoms with Crippen molar-refractivity contribution in [3.8, 4) is 0 Å². The van der Waals surface area contributed by atoms with Gasteiger partial charge < -0.3 is 16.3 Å². The summed E-state index contributed by atoms with van der Waals surface area (Å²) in [7, 11) is 0. The van der Waals surface area contributed by atoms with Crippen LogP contribution in [-0.4, -0.2) is 21.9 Å². The van der Waals surface area contributed by atoms with Gasteiger partial charge in [0, 0.05) is 11.6 Å². The average Bonchev–Trinajstić information content (AvgIpc) is 2.86. The molecule has 0 aliphatic heterocycles. The Balaban J connectivity index is 2.67. The summed E-state index contributed by atoms with van der Waals surface area (Å²) in [6, 6.07) is 0. The van der Waals surface area contributed by atoms with Crippen molar-refractivity contribution in [2.45, 2.75) is 26.8 Å². The molecule has 0 saturated heterocycles. The molecule has 0 spiro atoms. The van der Waals surface area contributed by atoms with Gasteiger partial charge in [-0.15, -0.1) is 11.3 Å². The maximum atomic E-state index is 12.0. The molecule has 0 saturated carbocycles. The van der Waals surface area contributed by atoms with Crippen LogP contribution >= 0.6 is 11.3 Å². The number of nitrogens with two attached hydrogens (primary N) is 1. The van der Waals surface area contributed by atoms with Gasteiger partial charge in [0.15, 0.2) is 5.84 Å². The molecule has 6 nitrogen and oxygen atoms in total. The standard InChI is InChI=1S/C10H16N4O2S/c1-3-10(2,8(11)14-16)9(15)13-6-7-12-4-5-17-7/h4-5,16H,3,6H2,1-2H3,(H2,11,14)(H,13,15). The highest BCUT2D eigenvalue weighted by Crippen LogP contribution is 2.21. The largest absolute Gasteiger partial charge is 0.409 e. The molecular weight excluding hydrogens is 240 g/mol. The van der Waals surface area contributed by atoms with Crippen LogP contribution in [0, 0.1) is 5.41 Å². The first-order chi connectivity index (χ1) is 8.04. The third-order valence-corrected chi connectivity index (χ3v) is 3.54. The summed E-state index contributed by atoms with van der Waals surface area (Å²) in [5.74, 6) is -0.359. The molecule has 17 heavy (non-hydrogen) atoms. The van der Waals surface area contributed by atoms with E-state index in [1.165, 1.54) is 11.3 Å². The van der Waals surface area contributed by atoms with Gasteiger partial charge in [0.2, 0.25) is 5.91 Å². The SMILES string of the molecule is CCC(C)(C(=O)NCc1nccs1)/C(N)=N/O. The van der Waals surface area contributed by atoms with Crippen LogP contribution in [0.25, 0.3) is 0 Å². The summed E-state index contributed by atoms with van der Waals surface area (Å²) < 4.78 is 0. The van der Waals surface area contributed by atoms with Gasteiger partial charge in [-0.25, -0.2) is 4.98 Å². The van der Waals surface area contributed by atoms with Crippen molar-refractivity contribution in [2.75, 3.05) is 0 Å². The number of rotatable bonds is 5. The molecule has 1 rings (SSSR count). The fourth-order valence-electron chi connectivity index (χ4n) is 1.26. The number of aromatic nitrogens is 1. The lowest BCUT2D eigenvalue weighted by molar-refractivity contribution is -0.127. The monoisotopic (exact) mass is 256 g/mol. The van der Waals surface area contributed by atoms with Crippen molar-refractivity contribution in [2.24, 2.45) is 16.3 Å². The highest BCUT2D eigenvalue weighted by molar-refractivity contribution is 7.09. The number of thiazole rings is 1. The molecule has 0 aliphatic carbocycles. The van der Waals surface area contributed by atoms with Gasteiger partial charge in [-0.1, -0.05) is 12.1 Å².